The van der Waals surface area contributed by atoms with Crippen LogP contribution in [0.2, 0.25) is 0 Å². The Hall–Kier alpha value is -3.06. The molecule has 1 aliphatic rings. The van der Waals surface area contributed by atoms with Crippen molar-refractivity contribution >= 4 is 29.0 Å². The molecule has 0 aliphatic carbocycles. The quantitative estimate of drug-likeness (QED) is 0.552. The lowest BCUT2D eigenvalue weighted by atomic mass is 10.1. The normalized spacial score (nSPS) is 15.8. The highest BCUT2D eigenvalue weighted by molar-refractivity contribution is 5.92. The zero-order chi connectivity index (χ0) is 19.8. The van der Waals surface area contributed by atoms with E-state index in [1.807, 2.05) is 24.3 Å². The first-order chi connectivity index (χ1) is 13.6. The summed E-state index contributed by atoms with van der Waals surface area (Å²) in [7, 11) is 0. The number of carbonyl (C=O) groups excluding carboxylic acids is 2. The molecule has 1 heterocycles. The Morgan fingerprint density at radius 2 is 1.75 bits per heavy atom. The van der Waals surface area contributed by atoms with Crippen LogP contribution < -0.4 is 21.7 Å². The summed E-state index contributed by atoms with van der Waals surface area (Å²) in [5, 5.41) is 8.42. The summed E-state index contributed by atoms with van der Waals surface area (Å²) in [6.45, 7) is 1.27. The van der Waals surface area contributed by atoms with Gasteiger partial charge in [-0.1, -0.05) is 18.2 Å². The zero-order valence-electron chi connectivity index (χ0n) is 15.7. The number of amides is 3. The Morgan fingerprint density at radius 3 is 2.43 bits per heavy atom. The van der Waals surface area contributed by atoms with Gasteiger partial charge in [-0.25, -0.2) is 4.79 Å². The van der Waals surface area contributed by atoms with Crippen molar-refractivity contribution in [1.29, 1.82) is 0 Å². The summed E-state index contributed by atoms with van der Waals surface area (Å²) in [5.41, 5.74) is 8.89. The van der Waals surface area contributed by atoms with Crippen molar-refractivity contribution < 1.29 is 14.3 Å². The van der Waals surface area contributed by atoms with E-state index in [2.05, 4.69) is 16.0 Å². The van der Waals surface area contributed by atoms with Crippen LogP contribution in [0.1, 0.15) is 24.8 Å². The molecule has 2 aromatic carbocycles. The third-order valence-electron chi connectivity index (χ3n) is 4.62. The van der Waals surface area contributed by atoms with E-state index in [1.54, 1.807) is 24.3 Å². The van der Waals surface area contributed by atoms with Crippen molar-refractivity contribution in [2.24, 2.45) is 0 Å². The fraction of sp³-hybridized carbons (Fsp3) is 0.333. The highest BCUT2D eigenvalue weighted by Crippen LogP contribution is 2.16. The first kappa shape index (κ1) is 19.7. The number of rotatable bonds is 7. The summed E-state index contributed by atoms with van der Waals surface area (Å²) >= 11 is 0. The van der Waals surface area contributed by atoms with Crippen molar-refractivity contribution in [3.63, 3.8) is 0 Å². The van der Waals surface area contributed by atoms with Crippen molar-refractivity contribution in [2.45, 2.75) is 31.8 Å². The predicted octanol–water partition coefficient (Wildman–Crippen LogP) is 3.14. The molecule has 1 aliphatic heterocycles. The predicted molar refractivity (Wildman–Crippen MR) is 110 cm³/mol. The molecular formula is C21H26N4O3. The van der Waals surface area contributed by atoms with E-state index in [0.717, 1.165) is 25.0 Å². The zero-order valence-corrected chi connectivity index (χ0v) is 15.7. The molecule has 0 saturated carbocycles. The van der Waals surface area contributed by atoms with Crippen LogP contribution in [0.15, 0.2) is 48.5 Å². The van der Waals surface area contributed by atoms with Crippen molar-refractivity contribution in [1.82, 2.24) is 5.32 Å². The molecule has 7 heteroatoms. The number of nitrogens with two attached hydrogens (primary N) is 1. The second kappa shape index (κ2) is 9.75. The molecule has 1 fully saturated rings. The maximum absolute atomic E-state index is 12.1. The number of nitrogens with one attached hydrogen (secondary N) is 3. The van der Waals surface area contributed by atoms with E-state index >= 15 is 0 Å². The average Bonchev–Trinajstić information content (AvgIpc) is 3.21. The largest absolute Gasteiger partial charge is 0.399 e. The molecule has 7 nitrogen and oxygen atoms in total. The van der Waals surface area contributed by atoms with Crippen LogP contribution in [-0.2, 0) is 16.0 Å². The summed E-state index contributed by atoms with van der Waals surface area (Å²) in [5.74, 6) is -0.0849. The number of benzene rings is 2. The number of ether oxygens (including phenoxy) is 1. The molecule has 0 radical (unpaired) electrons. The summed E-state index contributed by atoms with van der Waals surface area (Å²) in [4.78, 5) is 24.0. The van der Waals surface area contributed by atoms with Crippen LogP contribution in [-0.4, -0.2) is 31.2 Å². The molecular weight excluding hydrogens is 356 g/mol. The van der Waals surface area contributed by atoms with Crippen molar-refractivity contribution in [2.75, 3.05) is 29.5 Å². The van der Waals surface area contributed by atoms with Crippen LogP contribution in [0.4, 0.5) is 21.9 Å². The lowest BCUT2D eigenvalue weighted by Gasteiger charge is -2.12. The average molecular weight is 382 g/mol. The Kier molecular flexibility index (Phi) is 6.86. The number of para-hydroxylation sites is 1. The number of hydrogen-bond acceptors (Lipinski definition) is 4. The molecule has 1 atom stereocenters. The van der Waals surface area contributed by atoms with Gasteiger partial charge in [-0.2, -0.15) is 0 Å². The molecule has 1 unspecified atom stereocenters. The van der Waals surface area contributed by atoms with Crippen LogP contribution in [0, 0.1) is 0 Å². The van der Waals surface area contributed by atoms with E-state index in [0.29, 0.717) is 36.4 Å². The van der Waals surface area contributed by atoms with Gasteiger partial charge in [0.1, 0.15) is 0 Å². The Morgan fingerprint density at radius 1 is 1.04 bits per heavy atom. The van der Waals surface area contributed by atoms with Crippen LogP contribution in [0.25, 0.3) is 0 Å². The maximum Gasteiger partial charge on any atom is 0.319 e. The number of nitrogen functional groups attached to an aromatic ring is 1. The molecule has 148 valence electrons. The maximum atomic E-state index is 12.1. The number of urea groups is 1. The van der Waals surface area contributed by atoms with Gasteiger partial charge in [-0.05, 0) is 55.2 Å². The Balaban J connectivity index is 1.41. The number of aryl methyl sites for hydroxylation is 1. The van der Waals surface area contributed by atoms with Gasteiger partial charge >= 0.3 is 6.03 Å². The van der Waals surface area contributed by atoms with Crippen molar-refractivity contribution in [3.05, 3.63) is 54.1 Å². The monoisotopic (exact) mass is 382 g/mol. The van der Waals surface area contributed by atoms with Gasteiger partial charge in [0, 0.05) is 36.6 Å². The van der Waals surface area contributed by atoms with Gasteiger partial charge in [0.25, 0.3) is 0 Å². The van der Waals surface area contributed by atoms with Gasteiger partial charge < -0.3 is 26.4 Å². The van der Waals surface area contributed by atoms with E-state index < -0.39 is 0 Å². The van der Waals surface area contributed by atoms with Gasteiger partial charge in [0.05, 0.1) is 6.10 Å². The van der Waals surface area contributed by atoms with E-state index in [4.69, 9.17) is 10.5 Å². The standard InChI is InChI=1S/C21H26N4O3/c22-19-6-2-1-4-15(19)7-12-20(26)24-16-8-10-17(11-9-16)25-21(27)23-14-18-5-3-13-28-18/h1-2,4,6,8-11,18H,3,5,7,12-14,22H2,(H,24,26)(H2,23,25,27). The minimum atomic E-state index is -0.271. The van der Waals surface area contributed by atoms with E-state index in [1.165, 1.54) is 0 Å². The second-order valence-corrected chi connectivity index (χ2v) is 6.79. The molecule has 0 aromatic heterocycles. The number of carbonyl (C=O) groups is 2. The van der Waals surface area contributed by atoms with Crippen LogP contribution in [0.3, 0.4) is 0 Å². The second-order valence-electron chi connectivity index (χ2n) is 6.79. The highest BCUT2D eigenvalue weighted by atomic mass is 16.5. The summed E-state index contributed by atoms with van der Waals surface area (Å²) in [6.07, 6.45) is 3.06. The third kappa shape index (κ3) is 5.99. The number of anilines is 3. The Labute approximate surface area is 164 Å². The lowest BCUT2D eigenvalue weighted by Crippen LogP contribution is -2.35. The Bertz CT molecular complexity index is 802. The first-order valence-corrected chi connectivity index (χ1v) is 9.50. The van der Waals surface area contributed by atoms with Gasteiger partial charge in [0.15, 0.2) is 0 Å². The fourth-order valence-corrected chi connectivity index (χ4v) is 3.06. The van der Waals surface area contributed by atoms with Gasteiger partial charge in [-0.15, -0.1) is 0 Å². The van der Waals surface area contributed by atoms with Crippen LogP contribution >= 0.6 is 0 Å². The molecule has 0 bridgehead atoms. The molecule has 3 amide bonds. The first-order valence-electron chi connectivity index (χ1n) is 9.50. The van der Waals surface area contributed by atoms with Crippen LogP contribution in [0.5, 0.6) is 0 Å². The smallest absolute Gasteiger partial charge is 0.319 e. The molecule has 1 saturated heterocycles. The fourth-order valence-electron chi connectivity index (χ4n) is 3.06. The SMILES string of the molecule is Nc1ccccc1CCC(=O)Nc1ccc(NC(=O)NCC2CCCO2)cc1. The summed E-state index contributed by atoms with van der Waals surface area (Å²) in [6, 6.07) is 14.3. The molecule has 0 spiro atoms. The molecule has 3 rings (SSSR count). The minimum Gasteiger partial charge on any atom is -0.399 e. The topological polar surface area (TPSA) is 105 Å². The van der Waals surface area contributed by atoms with E-state index in [-0.39, 0.29) is 18.0 Å². The lowest BCUT2D eigenvalue weighted by molar-refractivity contribution is -0.116. The summed E-state index contributed by atoms with van der Waals surface area (Å²) < 4.78 is 5.47. The number of hydrogen-bond donors (Lipinski definition) is 4. The van der Waals surface area contributed by atoms with E-state index in [9.17, 15) is 9.59 Å². The van der Waals surface area contributed by atoms with Gasteiger partial charge in [0.2, 0.25) is 5.91 Å². The van der Waals surface area contributed by atoms with Crippen molar-refractivity contribution in [3.8, 4) is 0 Å². The third-order valence-corrected chi connectivity index (χ3v) is 4.62. The minimum absolute atomic E-state index is 0.0849. The molecule has 28 heavy (non-hydrogen) atoms. The highest BCUT2D eigenvalue weighted by Gasteiger charge is 2.16. The molecule has 2 aromatic rings. The van der Waals surface area contributed by atoms with Gasteiger partial charge in [-0.3, -0.25) is 4.79 Å². The molecule has 5 N–H and O–H groups in total.